The summed E-state index contributed by atoms with van der Waals surface area (Å²) >= 11 is 0. The van der Waals surface area contributed by atoms with Crippen LogP contribution >= 0.6 is 0 Å². The van der Waals surface area contributed by atoms with Gasteiger partial charge in [0.05, 0.1) is 5.52 Å². The van der Waals surface area contributed by atoms with Crippen LogP contribution in [-0.2, 0) is 0 Å². The van der Waals surface area contributed by atoms with Gasteiger partial charge in [-0.3, -0.25) is 9.78 Å². The third kappa shape index (κ3) is 3.12. The normalized spacial score (nSPS) is 19.4. The number of likely N-dealkylation sites (tertiary alicyclic amines) is 1. The van der Waals surface area contributed by atoms with Crippen LogP contribution in [0.5, 0.6) is 0 Å². The van der Waals surface area contributed by atoms with E-state index in [1.807, 2.05) is 35.2 Å². The number of aromatic nitrogens is 1. The summed E-state index contributed by atoms with van der Waals surface area (Å²) in [4.78, 5) is 21.3. The van der Waals surface area contributed by atoms with Crippen molar-refractivity contribution in [3.63, 3.8) is 0 Å². The number of benzene rings is 1. The second-order valence-corrected chi connectivity index (χ2v) is 6.25. The number of hydrogen-bond donors (Lipinski definition) is 0. The molecular weight excluding hydrogens is 274 g/mol. The van der Waals surface area contributed by atoms with Gasteiger partial charge in [-0.15, -0.1) is 0 Å². The Morgan fingerprint density at radius 2 is 2.09 bits per heavy atom. The Morgan fingerprint density at radius 3 is 2.91 bits per heavy atom. The Morgan fingerprint density at radius 1 is 1.23 bits per heavy atom. The summed E-state index contributed by atoms with van der Waals surface area (Å²) in [5.41, 5.74) is 1.70. The largest absolute Gasteiger partial charge is 0.339 e. The third-order valence-electron chi connectivity index (χ3n) is 4.57. The van der Waals surface area contributed by atoms with E-state index in [0.717, 1.165) is 42.4 Å². The van der Waals surface area contributed by atoms with Crippen LogP contribution < -0.4 is 0 Å². The molecule has 0 bridgehead atoms. The lowest BCUT2D eigenvalue weighted by molar-refractivity contribution is 0.0759. The van der Waals surface area contributed by atoms with Crippen LogP contribution in [0.1, 0.15) is 29.6 Å². The fraction of sp³-hybridized carbons (Fsp3) is 0.444. The first-order valence-corrected chi connectivity index (χ1v) is 7.95. The summed E-state index contributed by atoms with van der Waals surface area (Å²) < 4.78 is 0. The number of amides is 1. The molecule has 1 saturated heterocycles. The average Bonchev–Trinajstić information content (AvgIpc) is 2.80. The lowest BCUT2D eigenvalue weighted by Gasteiger charge is -2.23. The van der Waals surface area contributed by atoms with Gasteiger partial charge in [-0.2, -0.15) is 0 Å². The molecule has 1 aromatic heterocycles. The van der Waals surface area contributed by atoms with Crippen molar-refractivity contribution in [1.82, 2.24) is 14.8 Å². The maximum absolute atomic E-state index is 12.8. The van der Waals surface area contributed by atoms with E-state index in [9.17, 15) is 4.79 Å². The first kappa shape index (κ1) is 15.0. The Kier molecular flexibility index (Phi) is 4.39. The fourth-order valence-electron chi connectivity index (χ4n) is 3.19. The van der Waals surface area contributed by atoms with Gasteiger partial charge in [0, 0.05) is 36.3 Å². The molecule has 0 N–H and O–H groups in total. The Bertz CT molecular complexity index is 668. The highest BCUT2D eigenvalue weighted by molar-refractivity contribution is 5.97. The number of fused-ring (bicyclic) bond motifs is 1. The number of pyridine rings is 1. The first-order valence-electron chi connectivity index (χ1n) is 7.95. The summed E-state index contributed by atoms with van der Waals surface area (Å²) in [7, 11) is 4.25. The monoisotopic (exact) mass is 297 g/mol. The molecule has 0 unspecified atom stereocenters. The van der Waals surface area contributed by atoms with Crippen LogP contribution in [0.2, 0.25) is 0 Å². The molecule has 1 fully saturated rings. The molecule has 4 heteroatoms. The summed E-state index contributed by atoms with van der Waals surface area (Å²) in [6.45, 7) is 1.70. The number of nitrogens with zero attached hydrogens (tertiary/aromatic N) is 3. The molecule has 3 rings (SSSR count). The topological polar surface area (TPSA) is 36.4 Å². The van der Waals surface area contributed by atoms with Crippen LogP contribution in [0.4, 0.5) is 0 Å². The highest BCUT2D eigenvalue weighted by Gasteiger charge is 2.22. The molecule has 1 atom stereocenters. The highest BCUT2D eigenvalue weighted by Crippen LogP contribution is 2.19. The van der Waals surface area contributed by atoms with E-state index >= 15 is 0 Å². The molecule has 1 aliphatic heterocycles. The molecule has 2 heterocycles. The lowest BCUT2D eigenvalue weighted by atomic mass is 10.1. The maximum atomic E-state index is 12.8. The van der Waals surface area contributed by atoms with Crippen molar-refractivity contribution >= 4 is 16.8 Å². The predicted molar refractivity (Wildman–Crippen MR) is 89.0 cm³/mol. The molecule has 4 nitrogen and oxygen atoms in total. The molecule has 0 saturated carbocycles. The van der Waals surface area contributed by atoms with E-state index in [-0.39, 0.29) is 5.91 Å². The molecule has 2 aromatic rings. The summed E-state index contributed by atoms with van der Waals surface area (Å²) in [5.74, 6) is 0.144. The van der Waals surface area contributed by atoms with Crippen molar-refractivity contribution in [2.24, 2.45) is 0 Å². The van der Waals surface area contributed by atoms with Gasteiger partial charge in [0.2, 0.25) is 0 Å². The molecule has 116 valence electrons. The van der Waals surface area contributed by atoms with Gasteiger partial charge >= 0.3 is 0 Å². The van der Waals surface area contributed by atoms with Gasteiger partial charge in [0.25, 0.3) is 5.91 Å². The van der Waals surface area contributed by atoms with Crippen molar-refractivity contribution in [1.29, 1.82) is 0 Å². The van der Waals surface area contributed by atoms with E-state index in [2.05, 4.69) is 24.0 Å². The smallest absolute Gasteiger partial charge is 0.253 e. The Balaban J connectivity index is 1.77. The zero-order valence-corrected chi connectivity index (χ0v) is 13.3. The van der Waals surface area contributed by atoms with E-state index < -0.39 is 0 Å². The number of hydrogen-bond acceptors (Lipinski definition) is 3. The van der Waals surface area contributed by atoms with Crippen molar-refractivity contribution in [3.05, 3.63) is 42.1 Å². The molecule has 0 spiro atoms. The van der Waals surface area contributed by atoms with Crippen LogP contribution in [0, 0.1) is 0 Å². The molecule has 1 aliphatic rings. The predicted octanol–water partition coefficient (Wildman–Crippen LogP) is 2.79. The van der Waals surface area contributed by atoms with Crippen molar-refractivity contribution in [2.75, 3.05) is 27.2 Å². The second kappa shape index (κ2) is 6.44. The first-order chi connectivity index (χ1) is 10.6. The lowest BCUT2D eigenvalue weighted by Crippen LogP contribution is -2.33. The minimum atomic E-state index is 0.144. The fourth-order valence-corrected chi connectivity index (χ4v) is 3.19. The SMILES string of the molecule is CN(C)[C@H]1CCCN(C(=O)c2ccc3ncccc3c2)CC1. The maximum Gasteiger partial charge on any atom is 0.253 e. The van der Waals surface area contributed by atoms with Gasteiger partial charge in [-0.1, -0.05) is 6.07 Å². The Labute approximate surface area is 131 Å². The molecular formula is C18H23N3O. The number of carbonyl (C=O) groups excluding carboxylic acids is 1. The summed E-state index contributed by atoms with van der Waals surface area (Å²) in [5, 5.41) is 1.02. The molecule has 0 aliphatic carbocycles. The van der Waals surface area contributed by atoms with Crippen LogP contribution in [0.25, 0.3) is 10.9 Å². The van der Waals surface area contributed by atoms with E-state index in [0.29, 0.717) is 6.04 Å². The molecule has 0 radical (unpaired) electrons. The molecule has 1 amide bonds. The minimum absolute atomic E-state index is 0.144. The number of rotatable bonds is 2. The van der Waals surface area contributed by atoms with Gasteiger partial charge in [0.15, 0.2) is 0 Å². The van der Waals surface area contributed by atoms with E-state index in [1.54, 1.807) is 6.20 Å². The Hall–Kier alpha value is -1.94. The van der Waals surface area contributed by atoms with Crippen molar-refractivity contribution < 1.29 is 4.79 Å². The van der Waals surface area contributed by atoms with Gasteiger partial charge in [-0.25, -0.2) is 0 Å². The minimum Gasteiger partial charge on any atom is -0.339 e. The quantitative estimate of drug-likeness (QED) is 0.855. The van der Waals surface area contributed by atoms with Gasteiger partial charge in [-0.05, 0) is 57.6 Å². The van der Waals surface area contributed by atoms with Crippen molar-refractivity contribution in [3.8, 4) is 0 Å². The highest BCUT2D eigenvalue weighted by atomic mass is 16.2. The molecule has 22 heavy (non-hydrogen) atoms. The van der Waals surface area contributed by atoms with Crippen LogP contribution in [0.3, 0.4) is 0 Å². The number of carbonyl (C=O) groups is 1. The van der Waals surface area contributed by atoms with Gasteiger partial charge in [0.1, 0.15) is 0 Å². The summed E-state index contributed by atoms with van der Waals surface area (Å²) in [6, 6.07) is 10.3. The average molecular weight is 297 g/mol. The van der Waals surface area contributed by atoms with E-state index in [4.69, 9.17) is 0 Å². The van der Waals surface area contributed by atoms with Crippen molar-refractivity contribution in [2.45, 2.75) is 25.3 Å². The van der Waals surface area contributed by atoms with Crippen LogP contribution in [0.15, 0.2) is 36.5 Å². The summed E-state index contributed by atoms with van der Waals surface area (Å²) in [6.07, 6.45) is 5.07. The second-order valence-electron chi connectivity index (χ2n) is 6.25. The van der Waals surface area contributed by atoms with Crippen LogP contribution in [-0.4, -0.2) is 53.9 Å². The molecule has 1 aromatic carbocycles. The zero-order chi connectivity index (χ0) is 15.5. The third-order valence-corrected chi connectivity index (χ3v) is 4.57. The zero-order valence-electron chi connectivity index (χ0n) is 13.3. The van der Waals surface area contributed by atoms with Gasteiger partial charge < -0.3 is 9.80 Å². The van der Waals surface area contributed by atoms with E-state index in [1.165, 1.54) is 6.42 Å². The standard InChI is InChI=1S/C18H23N3O/c1-20(2)16-6-4-11-21(12-9-16)18(22)15-7-8-17-14(13-15)5-3-10-19-17/h3,5,7-8,10,13,16H,4,6,9,11-12H2,1-2H3/t16-/m0/s1.